The van der Waals surface area contributed by atoms with Crippen LogP contribution in [0.15, 0.2) is 53.5 Å². The molecule has 1 saturated heterocycles. The minimum absolute atomic E-state index is 0.326. The van der Waals surface area contributed by atoms with E-state index in [4.69, 9.17) is 25.4 Å². The lowest BCUT2D eigenvalue weighted by atomic mass is 9.98. The zero-order chi connectivity index (χ0) is 25.8. The molecule has 0 radical (unpaired) electrons. The molecule has 2 unspecified atom stereocenters. The number of hydrogen-bond acceptors (Lipinski definition) is 7. The van der Waals surface area contributed by atoms with E-state index in [1.165, 1.54) is 49.3 Å². The second-order valence-electron chi connectivity index (χ2n) is 9.69. The van der Waals surface area contributed by atoms with Crippen molar-refractivity contribution in [1.29, 1.82) is 0 Å². The maximum absolute atomic E-state index is 6.18. The van der Waals surface area contributed by atoms with Gasteiger partial charge in [-0.3, -0.25) is 14.9 Å². The molecule has 0 amide bonds. The van der Waals surface area contributed by atoms with Crippen LogP contribution in [0.1, 0.15) is 56.5 Å². The lowest BCUT2D eigenvalue weighted by molar-refractivity contribution is 0.183. The Hall–Kier alpha value is -3.03. The molecule has 37 heavy (non-hydrogen) atoms. The molecule has 0 bridgehead atoms. The van der Waals surface area contributed by atoms with Crippen molar-refractivity contribution < 1.29 is 4.74 Å². The van der Waals surface area contributed by atoms with E-state index in [-0.39, 0.29) is 0 Å². The number of nitrogens with zero attached hydrogens (tertiary/aromatic N) is 4. The third kappa shape index (κ3) is 5.94. The third-order valence-electron chi connectivity index (χ3n) is 7.07. The number of dihydropyridines is 1. The first kappa shape index (κ1) is 25.6. The Balaban J connectivity index is 0.00000137. The summed E-state index contributed by atoms with van der Waals surface area (Å²) < 4.78 is 6.02. The second-order valence-corrected chi connectivity index (χ2v) is 10.7. The zero-order valence-corrected chi connectivity index (χ0v) is 22.9. The molecule has 2 atom stereocenters. The monoisotopic (exact) mass is 515 g/mol. The minimum atomic E-state index is 0.326. The lowest BCUT2D eigenvalue weighted by Gasteiger charge is -2.26. The molecular weight excluding hydrogens is 478 g/mol. The fourth-order valence-electron chi connectivity index (χ4n) is 5.10. The Morgan fingerprint density at radius 1 is 1.03 bits per heavy atom. The molecule has 4 heterocycles. The number of anilines is 1. The molecule has 2 N–H and O–H groups in total. The number of rotatable bonds is 7. The number of allylic oxidation sites excluding steroid dienone is 1. The van der Waals surface area contributed by atoms with Crippen LogP contribution in [0.5, 0.6) is 5.75 Å². The van der Waals surface area contributed by atoms with Crippen LogP contribution in [0.3, 0.4) is 0 Å². The van der Waals surface area contributed by atoms with E-state index in [2.05, 4.69) is 35.2 Å². The van der Waals surface area contributed by atoms with Gasteiger partial charge in [0.05, 0.1) is 28.0 Å². The quantitative estimate of drug-likeness (QED) is 0.402. The summed E-state index contributed by atoms with van der Waals surface area (Å²) in [6.45, 7) is 10.1. The normalized spacial score (nSPS) is 20.7. The average molecular weight is 516 g/mol. The highest BCUT2D eigenvalue weighted by atomic mass is 32.1. The van der Waals surface area contributed by atoms with E-state index in [1.807, 2.05) is 39.0 Å². The number of aromatic nitrogens is 2. The Morgan fingerprint density at radius 2 is 1.81 bits per heavy atom. The fourth-order valence-corrected chi connectivity index (χ4v) is 5.93. The van der Waals surface area contributed by atoms with E-state index < -0.39 is 0 Å². The number of aliphatic imine (C=N–C) groups is 1. The first-order valence-electron chi connectivity index (χ1n) is 13.6. The van der Waals surface area contributed by atoms with E-state index in [1.54, 1.807) is 0 Å². The predicted octanol–water partition coefficient (Wildman–Crippen LogP) is 6.26. The van der Waals surface area contributed by atoms with E-state index in [0.717, 1.165) is 58.6 Å². The molecule has 194 valence electrons. The van der Waals surface area contributed by atoms with Crippen LogP contribution in [-0.4, -0.2) is 52.9 Å². The number of nitrogen functional groups attached to an aromatic ring is 1. The maximum atomic E-state index is 6.18. The van der Waals surface area contributed by atoms with Crippen molar-refractivity contribution >= 4 is 27.8 Å². The second kappa shape index (κ2) is 11.6. The molecule has 0 spiro atoms. The number of thiazole rings is 1. The number of nitrogens with two attached hydrogens (primary N) is 1. The molecule has 2 fully saturated rings. The van der Waals surface area contributed by atoms with E-state index in [0.29, 0.717) is 17.1 Å². The summed E-state index contributed by atoms with van der Waals surface area (Å²) in [5.74, 6) is 1.33. The van der Waals surface area contributed by atoms with Crippen LogP contribution in [0, 0.1) is 12.8 Å². The minimum Gasteiger partial charge on any atom is -0.492 e. The summed E-state index contributed by atoms with van der Waals surface area (Å²) in [7, 11) is 0. The molecule has 3 aliphatic rings. The smallest absolute Gasteiger partial charge is 0.181 e. The van der Waals surface area contributed by atoms with E-state index in [9.17, 15) is 0 Å². The molecule has 1 saturated carbocycles. The zero-order valence-electron chi connectivity index (χ0n) is 22.1. The van der Waals surface area contributed by atoms with Crippen LogP contribution in [0.4, 0.5) is 5.13 Å². The van der Waals surface area contributed by atoms with Crippen molar-refractivity contribution in [3.05, 3.63) is 65.5 Å². The summed E-state index contributed by atoms with van der Waals surface area (Å²) >= 11 is 1.51. The van der Waals surface area contributed by atoms with Gasteiger partial charge in [0, 0.05) is 18.2 Å². The predicted molar refractivity (Wildman–Crippen MR) is 154 cm³/mol. The number of pyridine rings is 1. The van der Waals surface area contributed by atoms with Gasteiger partial charge in [0.2, 0.25) is 0 Å². The molecule has 2 aromatic heterocycles. The highest BCUT2D eigenvalue weighted by Crippen LogP contribution is 2.50. The number of benzene rings is 1. The highest BCUT2D eigenvalue weighted by Gasteiger charge is 2.44. The van der Waals surface area contributed by atoms with Crippen molar-refractivity contribution in [2.75, 3.05) is 32.0 Å². The molecule has 1 aliphatic carbocycles. The Bertz CT molecular complexity index is 1270. The van der Waals surface area contributed by atoms with Gasteiger partial charge in [-0.05, 0) is 92.9 Å². The number of likely N-dealkylation sites (tertiary alicyclic amines) is 1. The molecule has 3 aromatic rings. The maximum Gasteiger partial charge on any atom is 0.181 e. The van der Waals surface area contributed by atoms with Crippen molar-refractivity contribution in [1.82, 2.24) is 14.9 Å². The lowest BCUT2D eigenvalue weighted by Crippen LogP contribution is -2.33. The first-order chi connectivity index (χ1) is 18.1. The number of aryl methyl sites for hydroxylation is 1. The first-order valence-corrected chi connectivity index (χ1v) is 14.4. The van der Waals surface area contributed by atoms with Crippen molar-refractivity contribution in [3.8, 4) is 16.3 Å². The van der Waals surface area contributed by atoms with Gasteiger partial charge in [0.15, 0.2) is 5.13 Å². The average Bonchev–Trinajstić information content (AvgIpc) is 3.62. The van der Waals surface area contributed by atoms with Crippen LogP contribution in [0.2, 0.25) is 0 Å². The molecule has 2 aliphatic heterocycles. The number of fused-ring (bicyclic) bond motifs is 1. The van der Waals surface area contributed by atoms with Gasteiger partial charge in [-0.25, -0.2) is 4.98 Å². The van der Waals surface area contributed by atoms with E-state index >= 15 is 0 Å². The van der Waals surface area contributed by atoms with Gasteiger partial charge >= 0.3 is 0 Å². The highest BCUT2D eigenvalue weighted by molar-refractivity contribution is 7.19. The summed E-state index contributed by atoms with van der Waals surface area (Å²) in [5.41, 5.74) is 12.4. The van der Waals surface area contributed by atoms with Crippen molar-refractivity contribution in [2.45, 2.75) is 52.5 Å². The Kier molecular flexibility index (Phi) is 8.01. The van der Waals surface area contributed by atoms with Crippen molar-refractivity contribution in [2.24, 2.45) is 10.9 Å². The van der Waals surface area contributed by atoms with Gasteiger partial charge in [-0.1, -0.05) is 37.7 Å². The summed E-state index contributed by atoms with van der Waals surface area (Å²) in [6, 6.07) is 14.8. The molecular formula is C30H37N5OS. The Labute approximate surface area is 224 Å². The SMILES string of the molecule is CC.Cc1cccc(-c2sc(N)nc2C2=CC(c3ccc(OCCN4CCCCC4)cc3)=NC3CC23)n1. The topological polar surface area (TPSA) is 76.6 Å². The standard InChI is InChI=1S/C28H31N5OS.C2H6/c1-18-6-5-7-23(30-18)27-26(32-28(29)35-27)22-17-24(31-25-16-21(22)25)19-8-10-20(11-9-19)34-15-14-33-12-3-2-4-13-33;1-2/h5-11,17,21,25H,2-4,12-16H2,1H3,(H2,29,32);1-2H3. The van der Waals surface area contributed by atoms with Crippen LogP contribution < -0.4 is 10.5 Å². The van der Waals surface area contributed by atoms with Gasteiger partial charge in [0.1, 0.15) is 12.4 Å². The molecule has 1 aromatic carbocycles. The summed E-state index contributed by atoms with van der Waals surface area (Å²) in [4.78, 5) is 18.0. The number of piperidine rings is 1. The fraction of sp³-hybridized carbons (Fsp3) is 0.433. The van der Waals surface area contributed by atoms with Gasteiger partial charge < -0.3 is 10.5 Å². The van der Waals surface area contributed by atoms with Gasteiger partial charge in [-0.15, -0.1) is 0 Å². The molecule has 7 heteroatoms. The number of hydrogen-bond donors (Lipinski definition) is 1. The molecule has 6 nitrogen and oxygen atoms in total. The van der Waals surface area contributed by atoms with Gasteiger partial charge in [0.25, 0.3) is 0 Å². The van der Waals surface area contributed by atoms with Crippen molar-refractivity contribution in [3.63, 3.8) is 0 Å². The largest absolute Gasteiger partial charge is 0.492 e. The van der Waals surface area contributed by atoms with Gasteiger partial charge in [-0.2, -0.15) is 0 Å². The third-order valence-corrected chi connectivity index (χ3v) is 7.97. The number of ether oxygens (including phenoxy) is 1. The van der Waals surface area contributed by atoms with Crippen LogP contribution in [-0.2, 0) is 0 Å². The van der Waals surface area contributed by atoms with Crippen LogP contribution in [0.25, 0.3) is 16.1 Å². The molecule has 6 rings (SSSR count). The summed E-state index contributed by atoms with van der Waals surface area (Å²) in [6.07, 6.45) is 7.25. The summed E-state index contributed by atoms with van der Waals surface area (Å²) in [5, 5.41) is 0.575. The Morgan fingerprint density at radius 3 is 2.57 bits per heavy atom. The van der Waals surface area contributed by atoms with Crippen LogP contribution >= 0.6 is 11.3 Å².